The van der Waals surface area contributed by atoms with E-state index in [1.54, 1.807) is 0 Å². The number of hydrogen-bond acceptors (Lipinski definition) is 4. The Morgan fingerprint density at radius 3 is 2.32 bits per heavy atom. The summed E-state index contributed by atoms with van der Waals surface area (Å²) < 4.78 is 63.4. The van der Waals surface area contributed by atoms with Crippen LogP contribution in [0.4, 0.5) is 27.6 Å². The minimum atomic E-state index is -6.12. The van der Waals surface area contributed by atoms with Gasteiger partial charge in [-0.15, -0.1) is 0 Å². The Labute approximate surface area is 119 Å². The second-order valence-electron chi connectivity index (χ2n) is 4.16. The molecule has 1 aromatic rings. The van der Waals surface area contributed by atoms with Crippen molar-refractivity contribution in [2.75, 3.05) is 12.0 Å². The monoisotopic (exact) mass is 322 g/mol. The van der Waals surface area contributed by atoms with E-state index in [4.69, 9.17) is 0 Å². The van der Waals surface area contributed by atoms with Crippen molar-refractivity contribution in [1.29, 1.82) is 0 Å². The van der Waals surface area contributed by atoms with E-state index < -0.39 is 35.3 Å². The van der Waals surface area contributed by atoms with Crippen molar-refractivity contribution in [2.24, 2.45) is 5.16 Å². The number of nitrogens with zero attached hydrogens (tertiary/aromatic N) is 2. The molecule has 0 atom stereocenters. The fraction of sp³-hybridized carbons (Fsp3) is 0.250. The number of alkyl halides is 5. The third kappa shape index (κ3) is 2.20. The SMILES string of the molecule is CO/N=C1\C(=O)N(C(=O)C(F)(F)C(F)(F)F)c2ccccc21. The van der Waals surface area contributed by atoms with Crippen LogP contribution in [-0.2, 0) is 14.4 Å². The number of amides is 2. The zero-order chi connectivity index (χ0) is 16.7. The lowest BCUT2D eigenvalue weighted by atomic mass is 10.1. The van der Waals surface area contributed by atoms with Gasteiger partial charge in [0, 0.05) is 5.56 Å². The van der Waals surface area contributed by atoms with Crippen molar-refractivity contribution >= 4 is 23.2 Å². The van der Waals surface area contributed by atoms with E-state index in [1.807, 2.05) is 0 Å². The van der Waals surface area contributed by atoms with E-state index in [-0.39, 0.29) is 10.5 Å². The summed E-state index contributed by atoms with van der Waals surface area (Å²) in [6, 6.07) is 4.96. The number of anilines is 1. The molecule has 1 aromatic carbocycles. The van der Waals surface area contributed by atoms with Crippen molar-refractivity contribution in [3.05, 3.63) is 29.8 Å². The first-order valence-electron chi connectivity index (χ1n) is 5.67. The van der Waals surface area contributed by atoms with Crippen molar-refractivity contribution < 1.29 is 36.4 Å². The minimum absolute atomic E-state index is 0.0827. The molecule has 5 nitrogen and oxygen atoms in total. The number of rotatable bonds is 2. The Balaban J connectivity index is 2.56. The minimum Gasteiger partial charge on any atom is -0.398 e. The number of para-hydroxylation sites is 1. The zero-order valence-corrected chi connectivity index (χ0v) is 10.8. The normalized spacial score (nSPS) is 16.9. The predicted octanol–water partition coefficient (Wildman–Crippen LogP) is 2.11. The van der Waals surface area contributed by atoms with Gasteiger partial charge in [-0.25, -0.2) is 4.90 Å². The number of fused-ring (bicyclic) bond motifs is 1. The highest BCUT2D eigenvalue weighted by molar-refractivity contribution is 6.58. The lowest BCUT2D eigenvalue weighted by Gasteiger charge is -2.23. The van der Waals surface area contributed by atoms with Crippen LogP contribution in [0.5, 0.6) is 0 Å². The fourth-order valence-electron chi connectivity index (χ4n) is 1.84. The maximum atomic E-state index is 13.2. The lowest BCUT2D eigenvalue weighted by molar-refractivity contribution is -0.268. The molecule has 0 bridgehead atoms. The van der Waals surface area contributed by atoms with E-state index in [0.717, 1.165) is 13.2 Å². The number of carbonyl (C=O) groups excluding carboxylic acids is 2. The van der Waals surface area contributed by atoms with Crippen molar-refractivity contribution in [1.82, 2.24) is 0 Å². The van der Waals surface area contributed by atoms with E-state index >= 15 is 0 Å². The Morgan fingerprint density at radius 1 is 1.18 bits per heavy atom. The van der Waals surface area contributed by atoms with Gasteiger partial charge < -0.3 is 4.84 Å². The van der Waals surface area contributed by atoms with E-state index in [2.05, 4.69) is 9.99 Å². The molecule has 2 rings (SSSR count). The second-order valence-corrected chi connectivity index (χ2v) is 4.16. The van der Waals surface area contributed by atoms with Crippen LogP contribution in [-0.4, -0.2) is 36.7 Å². The van der Waals surface area contributed by atoms with Gasteiger partial charge in [-0.2, -0.15) is 22.0 Å². The van der Waals surface area contributed by atoms with Gasteiger partial charge in [0.25, 0.3) is 5.91 Å². The molecule has 22 heavy (non-hydrogen) atoms. The molecule has 0 radical (unpaired) electrons. The van der Waals surface area contributed by atoms with Crippen LogP contribution < -0.4 is 4.90 Å². The molecular formula is C12H7F5N2O3. The Hall–Kier alpha value is -2.52. The Kier molecular flexibility index (Phi) is 3.63. The van der Waals surface area contributed by atoms with Gasteiger partial charge in [-0.05, 0) is 6.07 Å². The number of hydrogen-bond donors (Lipinski definition) is 0. The Morgan fingerprint density at radius 2 is 1.77 bits per heavy atom. The maximum absolute atomic E-state index is 13.2. The highest BCUT2D eigenvalue weighted by atomic mass is 19.4. The van der Waals surface area contributed by atoms with Crippen LogP contribution in [0.15, 0.2) is 29.4 Å². The van der Waals surface area contributed by atoms with Crippen LogP contribution in [0.2, 0.25) is 0 Å². The average Bonchev–Trinajstić information content (AvgIpc) is 2.70. The molecular weight excluding hydrogens is 315 g/mol. The van der Waals surface area contributed by atoms with Crippen LogP contribution >= 0.6 is 0 Å². The molecule has 0 saturated carbocycles. The van der Waals surface area contributed by atoms with Gasteiger partial charge in [-0.1, -0.05) is 23.4 Å². The third-order valence-corrected chi connectivity index (χ3v) is 2.82. The van der Waals surface area contributed by atoms with Gasteiger partial charge >= 0.3 is 18.0 Å². The molecule has 0 fully saturated rings. The van der Waals surface area contributed by atoms with Crippen LogP contribution in [0.3, 0.4) is 0 Å². The summed E-state index contributed by atoms with van der Waals surface area (Å²) in [7, 11) is 1.05. The lowest BCUT2D eigenvalue weighted by Crippen LogP contribution is -2.53. The number of carbonyl (C=O) groups is 2. The first-order chi connectivity index (χ1) is 10.1. The molecule has 0 aromatic heterocycles. The highest BCUT2D eigenvalue weighted by Crippen LogP contribution is 2.40. The average molecular weight is 322 g/mol. The van der Waals surface area contributed by atoms with E-state index in [1.165, 1.54) is 18.2 Å². The van der Waals surface area contributed by atoms with Crippen molar-refractivity contribution in [2.45, 2.75) is 12.1 Å². The van der Waals surface area contributed by atoms with Crippen molar-refractivity contribution in [3.8, 4) is 0 Å². The molecule has 1 heterocycles. The quantitative estimate of drug-likeness (QED) is 0.619. The predicted molar refractivity (Wildman–Crippen MR) is 63.5 cm³/mol. The number of benzene rings is 1. The van der Waals surface area contributed by atoms with E-state index in [0.29, 0.717) is 0 Å². The molecule has 0 N–H and O–H groups in total. The molecule has 0 saturated heterocycles. The summed E-state index contributed by atoms with van der Waals surface area (Å²) in [5.74, 6) is -9.83. The summed E-state index contributed by atoms with van der Waals surface area (Å²) >= 11 is 0. The Bertz CT molecular complexity index is 669. The summed E-state index contributed by atoms with van der Waals surface area (Å²) in [5.41, 5.74) is -1.04. The molecule has 10 heteroatoms. The first kappa shape index (κ1) is 15.9. The molecule has 0 unspecified atom stereocenters. The molecule has 1 aliphatic heterocycles. The van der Waals surface area contributed by atoms with Gasteiger partial charge in [0.15, 0.2) is 5.71 Å². The van der Waals surface area contributed by atoms with Crippen LogP contribution in [0.1, 0.15) is 5.56 Å². The van der Waals surface area contributed by atoms with Gasteiger partial charge in [0.2, 0.25) is 0 Å². The highest BCUT2D eigenvalue weighted by Gasteiger charge is 2.66. The summed E-state index contributed by atoms with van der Waals surface area (Å²) in [4.78, 5) is 27.6. The van der Waals surface area contributed by atoms with Crippen LogP contribution in [0.25, 0.3) is 0 Å². The first-order valence-corrected chi connectivity index (χ1v) is 5.67. The van der Waals surface area contributed by atoms with E-state index in [9.17, 15) is 31.5 Å². The molecule has 2 amide bonds. The number of imide groups is 1. The number of halogens is 5. The topological polar surface area (TPSA) is 59.0 Å². The number of oxime groups is 1. The van der Waals surface area contributed by atoms with Gasteiger partial charge in [0.05, 0.1) is 5.69 Å². The van der Waals surface area contributed by atoms with Gasteiger partial charge in [-0.3, -0.25) is 9.59 Å². The smallest absolute Gasteiger partial charge is 0.398 e. The third-order valence-electron chi connectivity index (χ3n) is 2.82. The molecule has 0 spiro atoms. The molecule has 1 aliphatic rings. The second kappa shape index (κ2) is 5.04. The van der Waals surface area contributed by atoms with Crippen molar-refractivity contribution in [3.63, 3.8) is 0 Å². The zero-order valence-electron chi connectivity index (χ0n) is 10.8. The standard InChI is InChI=1S/C12H7F5N2O3/c1-22-18-8-6-4-2-3-5-7(6)19(9(8)20)10(21)11(13,14)12(15,16)17/h2-5H,1H3/b18-8-. The summed E-state index contributed by atoms with van der Waals surface area (Å²) in [6.07, 6.45) is -6.12. The maximum Gasteiger partial charge on any atom is 0.463 e. The summed E-state index contributed by atoms with van der Waals surface area (Å²) in [6.45, 7) is 0. The fourth-order valence-corrected chi connectivity index (χ4v) is 1.84. The molecule has 118 valence electrons. The summed E-state index contributed by atoms with van der Waals surface area (Å²) in [5, 5.41) is 3.27. The van der Waals surface area contributed by atoms with Crippen LogP contribution in [0, 0.1) is 0 Å². The van der Waals surface area contributed by atoms with Gasteiger partial charge in [0.1, 0.15) is 7.11 Å². The largest absolute Gasteiger partial charge is 0.463 e. The molecule has 0 aliphatic carbocycles.